The van der Waals surface area contributed by atoms with Crippen LogP contribution in [0.25, 0.3) is 11.0 Å². The molecule has 4 nitrogen and oxygen atoms in total. The summed E-state index contributed by atoms with van der Waals surface area (Å²) < 4.78 is 2.01. The molecule has 19 heavy (non-hydrogen) atoms. The van der Waals surface area contributed by atoms with Crippen LogP contribution in [0, 0.1) is 0 Å². The van der Waals surface area contributed by atoms with Crippen molar-refractivity contribution < 1.29 is 4.79 Å². The lowest BCUT2D eigenvalue weighted by atomic mass is 10.2. The maximum absolute atomic E-state index is 12.3. The van der Waals surface area contributed by atoms with Gasteiger partial charge in [0.2, 0.25) is 5.91 Å². The van der Waals surface area contributed by atoms with Crippen molar-refractivity contribution in [3.05, 3.63) is 30.1 Å². The zero-order valence-electron chi connectivity index (χ0n) is 11.0. The number of likely N-dealkylation sites (tertiary alicyclic amines) is 1. The highest BCUT2D eigenvalue weighted by Crippen LogP contribution is 2.32. The third kappa shape index (κ3) is 1.91. The Kier molecular flexibility index (Phi) is 2.97. The van der Waals surface area contributed by atoms with Crippen LogP contribution in [0.1, 0.15) is 30.6 Å². The van der Waals surface area contributed by atoms with Crippen LogP contribution in [0.2, 0.25) is 0 Å². The molecule has 0 saturated carbocycles. The Morgan fingerprint density at radius 1 is 1.42 bits per heavy atom. The minimum absolute atomic E-state index is 0.140. The van der Waals surface area contributed by atoms with Gasteiger partial charge in [-0.25, -0.2) is 4.98 Å². The highest BCUT2D eigenvalue weighted by Gasteiger charge is 2.33. The molecule has 0 spiro atoms. The maximum atomic E-state index is 12.3. The van der Waals surface area contributed by atoms with Crippen LogP contribution in [0.4, 0.5) is 0 Å². The van der Waals surface area contributed by atoms with Gasteiger partial charge in [0.15, 0.2) is 0 Å². The van der Waals surface area contributed by atoms with Crippen LogP contribution in [0.3, 0.4) is 0 Å². The Morgan fingerprint density at radius 3 is 2.79 bits per heavy atom. The van der Waals surface area contributed by atoms with Crippen molar-refractivity contribution in [1.29, 1.82) is 0 Å². The second-order valence-corrected chi connectivity index (χ2v) is 5.66. The Morgan fingerprint density at radius 2 is 2.16 bits per heavy atom. The fourth-order valence-electron chi connectivity index (χ4n) is 2.71. The van der Waals surface area contributed by atoms with Gasteiger partial charge in [0, 0.05) is 13.6 Å². The first-order valence-corrected chi connectivity index (χ1v) is 6.89. The highest BCUT2D eigenvalue weighted by molar-refractivity contribution is 6.20. The third-order valence-electron chi connectivity index (χ3n) is 3.69. The van der Waals surface area contributed by atoms with Gasteiger partial charge in [0.25, 0.3) is 0 Å². The number of nitrogens with zero attached hydrogens (tertiary/aromatic N) is 3. The molecular formula is C14H16ClN3O. The van der Waals surface area contributed by atoms with Crippen molar-refractivity contribution in [2.75, 3.05) is 13.6 Å². The number of imidazole rings is 1. The number of fused-ring (bicyclic) bond motifs is 1. The second kappa shape index (κ2) is 4.53. The van der Waals surface area contributed by atoms with E-state index in [-0.39, 0.29) is 17.3 Å². The number of halogens is 1. The maximum Gasteiger partial charge on any atom is 0.245 e. The van der Waals surface area contributed by atoms with Crippen LogP contribution in [0.5, 0.6) is 0 Å². The number of para-hydroxylation sites is 2. The van der Waals surface area contributed by atoms with Gasteiger partial charge in [-0.1, -0.05) is 12.1 Å². The predicted molar refractivity (Wildman–Crippen MR) is 75.3 cm³/mol. The largest absolute Gasteiger partial charge is 0.344 e. The number of amides is 1. The number of aromatic nitrogens is 2. The molecule has 0 bridgehead atoms. The first-order chi connectivity index (χ1) is 9.09. The van der Waals surface area contributed by atoms with Gasteiger partial charge in [-0.3, -0.25) is 4.79 Å². The average molecular weight is 278 g/mol. The molecule has 3 rings (SSSR count). The zero-order chi connectivity index (χ0) is 13.6. The topological polar surface area (TPSA) is 38.1 Å². The molecule has 2 atom stereocenters. The van der Waals surface area contributed by atoms with Crippen LogP contribution >= 0.6 is 11.6 Å². The fraction of sp³-hybridized carbons (Fsp3) is 0.429. The van der Waals surface area contributed by atoms with Gasteiger partial charge in [-0.15, -0.1) is 11.6 Å². The van der Waals surface area contributed by atoms with Crippen molar-refractivity contribution in [2.24, 2.45) is 0 Å². The quantitative estimate of drug-likeness (QED) is 0.792. The van der Waals surface area contributed by atoms with E-state index in [0.717, 1.165) is 29.8 Å². The predicted octanol–water partition coefficient (Wildman–Crippen LogP) is 2.74. The molecule has 0 radical (unpaired) electrons. The van der Waals surface area contributed by atoms with E-state index in [2.05, 4.69) is 4.98 Å². The van der Waals surface area contributed by atoms with E-state index in [4.69, 9.17) is 11.6 Å². The van der Waals surface area contributed by atoms with Crippen molar-refractivity contribution in [3.63, 3.8) is 0 Å². The lowest BCUT2D eigenvalue weighted by molar-refractivity contribution is -0.129. The van der Waals surface area contributed by atoms with Crippen LogP contribution in [0.15, 0.2) is 24.3 Å². The summed E-state index contributed by atoms with van der Waals surface area (Å²) in [4.78, 5) is 18.6. The first kappa shape index (κ1) is 12.5. The molecule has 1 amide bonds. The molecule has 1 aliphatic heterocycles. The summed E-state index contributed by atoms with van der Waals surface area (Å²) in [6.45, 7) is 2.68. The number of carbonyl (C=O) groups is 1. The lowest BCUT2D eigenvalue weighted by Gasteiger charge is -2.16. The molecule has 5 heteroatoms. The molecule has 1 saturated heterocycles. The molecular weight excluding hydrogens is 262 g/mol. The van der Waals surface area contributed by atoms with Crippen molar-refractivity contribution in [2.45, 2.75) is 24.8 Å². The summed E-state index contributed by atoms with van der Waals surface area (Å²) in [5, 5.41) is -0.217. The minimum atomic E-state index is -0.217. The molecule has 1 aliphatic rings. The number of alkyl halides is 1. The molecule has 2 aromatic rings. The van der Waals surface area contributed by atoms with E-state index in [9.17, 15) is 4.79 Å². The number of hydrogen-bond donors (Lipinski definition) is 0. The smallest absolute Gasteiger partial charge is 0.245 e. The summed E-state index contributed by atoms with van der Waals surface area (Å²) in [5.74, 6) is 0.915. The Bertz CT molecular complexity index is 635. The SMILES string of the molecule is CC(Cl)c1nc2ccccc2n1C1CCN(C)C1=O. The Labute approximate surface area is 117 Å². The van der Waals surface area contributed by atoms with Crippen molar-refractivity contribution in [1.82, 2.24) is 14.5 Å². The van der Waals surface area contributed by atoms with E-state index in [1.807, 2.05) is 42.8 Å². The number of likely N-dealkylation sites (N-methyl/N-ethyl adjacent to an activating group) is 1. The summed E-state index contributed by atoms with van der Waals surface area (Å²) in [6.07, 6.45) is 0.812. The van der Waals surface area contributed by atoms with Crippen LogP contribution < -0.4 is 0 Å². The molecule has 2 heterocycles. The van der Waals surface area contributed by atoms with E-state index in [1.54, 1.807) is 4.90 Å². The highest BCUT2D eigenvalue weighted by atomic mass is 35.5. The standard InChI is InChI=1S/C14H16ClN3O/c1-9(15)13-16-10-5-3-4-6-11(10)18(13)12-7-8-17(2)14(12)19/h3-6,9,12H,7-8H2,1-2H3. The van der Waals surface area contributed by atoms with E-state index in [1.165, 1.54) is 0 Å². The van der Waals surface area contributed by atoms with Gasteiger partial charge in [0.1, 0.15) is 11.9 Å². The average Bonchev–Trinajstić information content (AvgIpc) is 2.92. The minimum Gasteiger partial charge on any atom is -0.344 e. The van der Waals surface area contributed by atoms with Crippen LogP contribution in [-0.2, 0) is 4.79 Å². The molecule has 2 unspecified atom stereocenters. The summed E-state index contributed by atoms with van der Waals surface area (Å²) in [6, 6.07) is 7.69. The summed E-state index contributed by atoms with van der Waals surface area (Å²) in [7, 11) is 1.84. The first-order valence-electron chi connectivity index (χ1n) is 6.45. The molecule has 1 aromatic heterocycles. The van der Waals surface area contributed by atoms with E-state index < -0.39 is 0 Å². The Balaban J connectivity index is 2.21. The fourth-order valence-corrected chi connectivity index (χ4v) is 2.87. The van der Waals surface area contributed by atoms with Gasteiger partial charge in [-0.05, 0) is 25.5 Å². The molecule has 0 aliphatic carbocycles. The zero-order valence-corrected chi connectivity index (χ0v) is 11.8. The monoisotopic (exact) mass is 277 g/mol. The van der Waals surface area contributed by atoms with Crippen LogP contribution in [-0.4, -0.2) is 34.0 Å². The van der Waals surface area contributed by atoms with Gasteiger partial charge in [0.05, 0.1) is 16.4 Å². The lowest BCUT2D eigenvalue weighted by Crippen LogP contribution is -2.25. The normalized spacial score (nSPS) is 21.3. The molecule has 100 valence electrons. The van der Waals surface area contributed by atoms with Gasteiger partial charge < -0.3 is 9.47 Å². The van der Waals surface area contributed by atoms with Crippen molar-refractivity contribution in [3.8, 4) is 0 Å². The molecule has 1 fully saturated rings. The summed E-state index contributed by atoms with van der Waals surface area (Å²) in [5.41, 5.74) is 1.88. The third-order valence-corrected chi connectivity index (χ3v) is 3.88. The van der Waals surface area contributed by atoms with E-state index in [0.29, 0.717) is 0 Å². The number of benzene rings is 1. The van der Waals surface area contributed by atoms with Crippen molar-refractivity contribution >= 4 is 28.5 Å². The number of carbonyl (C=O) groups excluding carboxylic acids is 1. The number of rotatable bonds is 2. The number of hydrogen-bond acceptors (Lipinski definition) is 2. The Hall–Kier alpha value is -1.55. The molecule has 1 aromatic carbocycles. The summed E-state index contributed by atoms with van der Waals surface area (Å²) >= 11 is 6.23. The second-order valence-electron chi connectivity index (χ2n) is 5.01. The van der Waals surface area contributed by atoms with Gasteiger partial charge in [-0.2, -0.15) is 0 Å². The molecule has 0 N–H and O–H groups in total. The van der Waals surface area contributed by atoms with E-state index >= 15 is 0 Å². The van der Waals surface area contributed by atoms with Gasteiger partial charge >= 0.3 is 0 Å².